The lowest BCUT2D eigenvalue weighted by Gasteiger charge is -2.24. The minimum absolute atomic E-state index is 0.00470. The van der Waals surface area contributed by atoms with Gasteiger partial charge in [0, 0.05) is 25.2 Å². The Hall–Kier alpha value is -0.940. The molecule has 1 saturated carbocycles. The minimum atomic E-state index is 0.00470. The largest absolute Gasteiger partial charge is 0.310 e. The summed E-state index contributed by atoms with van der Waals surface area (Å²) in [5.74, 6) is 0. The van der Waals surface area contributed by atoms with Crippen LogP contribution in [0.4, 0.5) is 0 Å². The fourth-order valence-electron chi connectivity index (χ4n) is 2.10. The molecular formula is C14H27N5. The monoisotopic (exact) mass is 265 g/mol. The number of nitrogens with one attached hydrogen (secondary N) is 1. The van der Waals surface area contributed by atoms with E-state index in [1.165, 1.54) is 12.8 Å². The molecule has 0 aliphatic heterocycles. The highest BCUT2D eigenvalue weighted by molar-refractivity contribution is 4.94. The normalized spacial score (nSPS) is 18.0. The Kier molecular flexibility index (Phi) is 4.26. The molecule has 0 amide bonds. The van der Waals surface area contributed by atoms with E-state index < -0.39 is 0 Å². The molecule has 0 saturated heterocycles. The van der Waals surface area contributed by atoms with Gasteiger partial charge in [0.05, 0.1) is 17.4 Å². The zero-order chi connectivity index (χ0) is 14.0. The summed E-state index contributed by atoms with van der Waals surface area (Å²) in [5.41, 5.74) is 1.02. The van der Waals surface area contributed by atoms with Gasteiger partial charge in [-0.25, -0.2) is 4.68 Å². The first-order chi connectivity index (χ1) is 8.88. The van der Waals surface area contributed by atoms with Crippen LogP contribution in [0.1, 0.15) is 46.2 Å². The van der Waals surface area contributed by atoms with Crippen molar-refractivity contribution >= 4 is 0 Å². The second-order valence-corrected chi connectivity index (χ2v) is 6.70. The summed E-state index contributed by atoms with van der Waals surface area (Å²) in [6.45, 7) is 10.5. The Balaban J connectivity index is 1.74. The van der Waals surface area contributed by atoms with E-state index in [2.05, 4.69) is 55.3 Å². The Bertz CT molecular complexity index is 402. The lowest BCUT2D eigenvalue weighted by molar-refractivity contribution is 0.241. The van der Waals surface area contributed by atoms with Gasteiger partial charge in [-0.05, 0) is 47.6 Å². The molecule has 1 aromatic rings. The maximum absolute atomic E-state index is 4.21. The maximum Gasteiger partial charge on any atom is 0.0965 e. The third-order valence-electron chi connectivity index (χ3n) is 3.79. The van der Waals surface area contributed by atoms with E-state index >= 15 is 0 Å². The summed E-state index contributed by atoms with van der Waals surface area (Å²) in [5, 5.41) is 11.9. The molecule has 0 radical (unpaired) electrons. The van der Waals surface area contributed by atoms with Crippen molar-refractivity contribution in [3.8, 4) is 0 Å². The Labute approximate surface area is 116 Å². The highest BCUT2D eigenvalue weighted by Gasteiger charge is 2.28. The van der Waals surface area contributed by atoms with Crippen molar-refractivity contribution in [1.29, 1.82) is 0 Å². The van der Waals surface area contributed by atoms with Gasteiger partial charge in [0.1, 0.15) is 0 Å². The number of nitrogens with zero attached hydrogens (tertiary/aromatic N) is 4. The first kappa shape index (κ1) is 14.5. The molecule has 1 aromatic heterocycles. The second-order valence-electron chi connectivity index (χ2n) is 6.70. The van der Waals surface area contributed by atoms with Crippen LogP contribution in [0.2, 0.25) is 0 Å². The number of aromatic nitrogens is 3. The van der Waals surface area contributed by atoms with Gasteiger partial charge in [-0.2, -0.15) is 0 Å². The summed E-state index contributed by atoms with van der Waals surface area (Å²) in [6, 6.07) is 1.39. The van der Waals surface area contributed by atoms with Gasteiger partial charge in [0.25, 0.3) is 0 Å². The van der Waals surface area contributed by atoms with E-state index in [1.54, 1.807) is 0 Å². The first-order valence-electron chi connectivity index (χ1n) is 7.22. The second kappa shape index (κ2) is 5.59. The van der Waals surface area contributed by atoms with Crippen LogP contribution in [0.15, 0.2) is 6.20 Å². The van der Waals surface area contributed by atoms with Gasteiger partial charge in [-0.1, -0.05) is 5.21 Å². The SMILES string of the molecule is CC(CNCc1cn(C(C)(C)C)nn1)N(C)C1CC1. The molecule has 1 aliphatic carbocycles. The Morgan fingerprint density at radius 3 is 2.68 bits per heavy atom. The summed E-state index contributed by atoms with van der Waals surface area (Å²) in [6.07, 6.45) is 4.75. The van der Waals surface area contributed by atoms with Crippen molar-refractivity contribution in [2.24, 2.45) is 0 Å². The fourth-order valence-corrected chi connectivity index (χ4v) is 2.10. The van der Waals surface area contributed by atoms with Crippen molar-refractivity contribution in [2.75, 3.05) is 13.6 Å². The van der Waals surface area contributed by atoms with Crippen molar-refractivity contribution in [1.82, 2.24) is 25.2 Å². The molecule has 1 fully saturated rings. The van der Waals surface area contributed by atoms with Crippen LogP contribution in [0, 0.1) is 0 Å². The summed E-state index contributed by atoms with van der Waals surface area (Å²) in [4.78, 5) is 2.47. The zero-order valence-corrected chi connectivity index (χ0v) is 12.8. The predicted molar refractivity (Wildman–Crippen MR) is 77.0 cm³/mol. The van der Waals surface area contributed by atoms with E-state index in [0.29, 0.717) is 6.04 Å². The van der Waals surface area contributed by atoms with Crippen molar-refractivity contribution in [3.05, 3.63) is 11.9 Å². The van der Waals surface area contributed by atoms with Gasteiger partial charge in [-0.3, -0.25) is 4.90 Å². The molecule has 5 nitrogen and oxygen atoms in total. The van der Waals surface area contributed by atoms with Crippen molar-refractivity contribution in [2.45, 2.75) is 64.7 Å². The molecule has 0 bridgehead atoms. The number of hydrogen-bond acceptors (Lipinski definition) is 4. The van der Waals surface area contributed by atoms with E-state index in [1.807, 2.05) is 10.9 Å². The van der Waals surface area contributed by atoms with Crippen molar-refractivity contribution in [3.63, 3.8) is 0 Å². The number of rotatable bonds is 6. The Morgan fingerprint density at radius 1 is 1.47 bits per heavy atom. The molecule has 0 spiro atoms. The van der Waals surface area contributed by atoms with Crippen LogP contribution in [-0.4, -0.2) is 45.6 Å². The van der Waals surface area contributed by atoms with E-state index in [0.717, 1.165) is 24.8 Å². The van der Waals surface area contributed by atoms with Gasteiger partial charge >= 0.3 is 0 Å². The number of likely N-dealkylation sites (N-methyl/N-ethyl adjacent to an activating group) is 1. The third kappa shape index (κ3) is 4.01. The number of hydrogen-bond donors (Lipinski definition) is 1. The molecule has 1 heterocycles. The van der Waals surface area contributed by atoms with E-state index in [9.17, 15) is 0 Å². The summed E-state index contributed by atoms with van der Waals surface area (Å²) >= 11 is 0. The topological polar surface area (TPSA) is 46.0 Å². The average Bonchev–Trinajstić information content (AvgIpc) is 3.06. The third-order valence-corrected chi connectivity index (χ3v) is 3.79. The summed E-state index contributed by atoms with van der Waals surface area (Å²) < 4.78 is 1.92. The maximum atomic E-state index is 4.21. The highest BCUT2D eigenvalue weighted by atomic mass is 15.4. The van der Waals surface area contributed by atoms with Gasteiger partial charge in [0.2, 0.25) is 0 Å². The molecule has 1 aliphatic rings. The lowest BCUT2D eigenvalue weighted by Crippen LogP contribution is -2.39. The summed E-state index contributed by atoms with van der Waals surface area (Å²) in [7, 11) is 2.22. The minimum Gasteiger partial charge on any atom is -0.310 e. The van der Waals surface area contributed by atoms with Gasteiger partial charge < -0.3 is 5.32 Å². The van der Waals surface area contributed by atoms with Crippen LogP contribution < -0.4 is 5.32 Å². The lowest BCUT2D eigenvalue weighted by atomic mass is 10.1. The smallest absolute Gasteiger partial charge is 0.0965 e. The molecule has 0 aromatic carbocycles. The average molecular weight is 265 g/mol. The van der Waals surface area contributed by atoms with Crippen LogP contribution in [0.3, 0.4) is 0 Å². The van der Waals surface area contributed by atoms with Crippen LogP contribution in [-0.2, 0) is 12.1 Å². The molecule has 2 rings (SSSR count). The van der Waals surface area contributed by atoms with Crippen LogP contribution in [0.5, 0.6) is 0 Å². The molecular weight excluding hydrogens is 238 g/mol. The Morgan fingerprint density at radius 2 is 2.16 bits per heavy atom. The molecule has 5 heteroatoms. The fraction of sp³-hybridized carbons (Fsp3) is 0.857. The van der Waals surface area contributed by atoms with E-state index in [-0.39, 0.29) is 5.54 Å². The standard InChI is InChI=1S/C14H27N5/c1-11(18(5)13-6-7-13)8-15-9-12-10-19(17-16-12)14(2,3)4/h10-11,13,15H,6-9H2,1-5H3. The predicted octanol–water partition coefficient (Wildman–Crippen LogP) is 1.61. The van der Waals surface area contributed by atoms with E-state index in [4.69, 9.17) is 0 Å². The molecule has 1 unspecified atom stereocenters. The quantitative estimate of drug-likeness (QED) is 0.849. The first-order valence-corrected chi connectivity index (χ1v) is 7.22. The van der Waals surface area contributed by atoms with Crippen LogP contribution in [0.25, 0.3) is 0 Å². The zero-order valence-electron chi connectivity index (χ0n) is 12.8. The molecule has 108 valence electrons. The molecule has 19 heavy (non-hydrogen) atoms. The molecule has 1 atom stereocenters. The highest BCUT2D eigenvalue weighted by Crippen LogP contribution is 2.26. The van der Waals surface area contributed by atoms with Gasteiger partial charge in [0.15, 0.2) is 0 Å². The molecule has 1 N–H and O–H groups in total. The van der Waals surface area contributed by atoms with Crippen molar-refractivity contribution < 1.29 is 0 Å². The van der Waals surface area contributed by atoms with Crippen LogP contribution >= 0.6 is 0 Å². The van der Waals surface area contributed by atoms with Gasteiger partial charge in [-0.15, -0.1) is 5.10 Å².